The van der Waals surface area contributed by atoms with Crippen LogP contribution < -0.4 is 9.47 Å². The molecule has 160 valence electrons. The van der Waals surface area contributed by atoms with Crippen LogP contribution in [0.25, 0.3) is 0 Å². The van der Waals surface area contributed by atoms with Crippen molar-refractivity contribution in [2.24, 2.45) is 0 Å². The van der Waals surface area contributed by atoms with Gasteiger partial charge in [-0.05, 0) is 84.9 Å². The zero-order valence-electron chi connectivity index (χ0n) is 17.4. The quantitative estimate of drug-likeness (QED) is 0.335. The highest BCUT2D eigenvalue weighted by Crippen LogP contribution is 2.33. The van der Waals surface area contributed by atoms with Gasteiger partial charge in [0.05, 0.1) is 4.90 Å². The molecule has 0 fully saturated rings. The fraction of sp³-hybridized carbons (Fsp3) is 0. The molecule has 4 rings (SSSR count). The Hall–Kier alpha value is -4.45. The molecular weight excluding hydrogens is 432 g/mol. The van der Waals surface area contributed by atoms with E-state index in [9.17, 15) is 8.42 Å². The third kappa shape index (κ3) is 4.91. The minimum absolute atomic E-state index is 0.0598. The van der Waals surface area contributed by atoms with Gasteiger partial charge in [-0.1, -0.05) is 24.0 Å². The van der Waals surface area contributed by atoms with Crippen LogP contribution in [0.4, 0.5) is 0 Å². The number of terminal acetylenes is 2. The lowest BCUT2D eigenvalue weighted by Gasteiger charge is -2.12. The Labute approximate surface area is 193 Å². The molecule has 4 nitrogen and oxygen atoms in total. The number of ether oxygens (including phenoxy) is 2. The number of sulfone groups is 1. The lowest BCUT2D eigenvalue weighted by atomic mass is 10.2. The van der Waals surface area contributed by atoms with E-state index in [1.807, 2.05) is 0 Å². The van der Waals surface area contributed by atoms with E-state index in [0.717, 1.165) is 5.56 Å². The molecule has 4 aromatic carbocycles. The Morgan fingerprint density at radius 1 is 0.576 bits per heavy atom. The van der Waals surface area contributed by atoms with Crippen LogP contribution in [0.1, 0.15) is 11.1 Å². The van der Waals surface area contributed by atoms with Crippen LogP contribution >= 0.6 is 0 Å². The van der Waals surface area contributed by atoms with Crippen molar-refractivity contribution in [2.75, 3.05) is 0 Å². The lowest BCUT2D eigenvalue weighted by Crippen LogP contribution is -2.04. The van der Waals surface area contributed by atoms with E-state index in [-0.39, 0.29) is 15.5 Å². The molecule has 0 radical (unpaired) electrons. The molecule has 0 saturated carbocycles. The second-order valence-electron chi connectivity index (χ2n) is 6.96. The SMILES string of the molecule is C#Cc1ccc(Oc2ccc(S(=O)(=O)c3ccccc3Oc3ccc(C#C)cc3)cc2)cc1. The third-order valence-corrected chi connectivity index (χ3v) is 6.59. The summed E-state index contributed by atoms with van der Waals surface area (Å²) in [7, 11) is -3.84. The summed E-state index contributed by atoms with van der Waals surface area (Å²) in [6.45, 7) is 0. The van der Waals surface area contributed by atoms with Gasteiger partial charge < -0.3 is 9.47 Å². The number of hydrogen-bond acceptors (Lipinski definition) is 4. The number of hydrogen-bond donors (Lipinski definition) is 0. The second-order valence-corrected chi connectivity index (χ2v) is 8.88. The van der Waals surface area contributed by atoms with Gasteiger partial charge in [0.25, 0.3) is 0 Å². The Bertz CT molecular complexity index is 1450. The number of rotatable bonds is 6. The van der Waals surface area contributed by atoms with E-state index in [1.165, 1.54) is 18.2 Å². The van der Waals surface area contributed by atoms with Crippen LogP contribution in [-0.2, 0) is 9.84 Å². The summed E-state index contributed by atoms with van der Waals surface area (Å²) in [5.41, 5.74) is 1.45. The fourth-order valence-electron chi connectivity index (χ4n) is 3.07. The van der Waals surface area contributed by atoms with Gasteiger partial charge >= 0.3 is 0 Å². The zero-order chi connectivity index (χ0) is 23.3. The Balaban J connectivity index is 1.58. The lowest BCUT2D eigenvalue weighted by molar-refractivity contribution is 0.467. The Kier molecular flexibility index (Phi) is 6.17. The van der Waals surface area contributed by atoms with Crippen molar-refractivity contribution in [3.05, 3.63) is 108 Å². The summed E-state index contributed by atoms with van der Waals surface area (Å²) in [5.74, 6) is 6.87. The smallest absolute Gasteiger partial charge is 0.210 e. The van der Waals surface area contributed by atoms with Gasteiger partial charge in [0, 0.05) is 11.1 Å². The molecule has 0 N–H and O–H groups in total. The molecule has 4 aromatic rings. The number of benzene rings is 4. The van der Waals surface area contributed by atoms with E-state index in [4.69, 9.17) is 22.3 Å². The predicted molar refractivity (Wildman–Crippen MR) is 127 cm³/mol. The van der Waals surface area contributed by atoms with Gasteiger partial charge in [-0.3, -0.25) is 0 Å². The van der Waals surface area contributed by atoms with Gasteiger partial charge in [-0.15, -0.1) is 12.8 Å². The molecular formula is C28H18O4S. The normalized spacial score (nSPS) is 10.6. The standard InChI is InChI=1S/C28H18O4S/c1-3-21-9-13-23(14-10-21)31-24-17-19-26(20-18-24)33(29,30)28-8-6-5-7-27(28)32-25-15-11-22(4-2)12-16-25/h1-2,5-20H. The van der Waals surface area contributed by atoms with Crippen molar-refractivity contribution in [3.8, 4) is 47.7 Å². The first-order valence-electron chi connectivity index (χ1n) is 9.93. The maximum atomic E-state index is 13.3. The van der Waals surface area contributed by atoms with Crippen molar-refractivity contribution in [3.63, 3.8) is 0 Å². The average molecular weight is 451 g/mol. The largest absolute Gasteiger partial charge is 0.457 e. The molecule has 0 aliphatic rings. The molecule has 5 heteroatoms. The Morgan fingerprint density at radius 2 is 1.03 bits per heavy atom. The van der Waals surface area contributed by atoms with Gasteiger partial charge in [0.1, 0.15) is 27.9 Å². The van der Waals surface area contributed by atoms with Crippen LogP contribution in [0, 0.1) is 24.7 Å². The molecule has 0 aromatic heterocycles. The summed E-state index contributed by atoms with van der Waals surface area (Å²) in [6.07, 6.45) is 10.7. The first kappa shape index (κ1) is 21.8. The van der Waals surface area contributed by atoms with Crippen LogP contribution in [-0.4, -0.2) is 8.42 Å². The highest BCUT2D eigenvalue weighted by Gasteiger charge is 2.22. The third-order valence-electron chi connectivity index (χ3n) is 4.78. The van der Waals surface area contributed by atoms with Crippen LogP contribution in [0.15, 0.2) is 107 Å². The minimum Gasteiger partial charge on any atom is -0.457 e. The molecule has 0 atom stereocenters. The Morgan fingerprint density at radius 3 is 1.55 bits per heavy atom. The maximum Gasteiger partial charge on any atom is 0.210 e. The van der Waals surface area contributed by atoms with Gasteiger partial charge in [0.15, 0.2) is 0 Å². The molecule has 0 aliphatic carbocycles. The van der Waals surface area contributed by atoms with Crippen LogP contribution in [0.3, 0.4) is 0 Å². The number of para-hydroxylation sites is 1. The van der Waals surface area contributed by atoms with E-state index in [0.29, 0.717) is 22.8 Å². The van der Waals surface area contributed by atoms with E-state index >= 15 is 0 Å². The summed E-state index contributed by atoms with van der Waals surface area (Å²) < 4.78 is 38.3. The first-order chi connectivity index (χ1) is 16.0. The van der Waals surface area contributed by atoms with Crippen molar-refractivity contribution in [1.82, 2.24) is 0 Å². The molecule has 0 heterocycles. The van der Waals surface area contributed by atoms with Gasteiger partial charge in [-0.25, -0.2) is 8.42 Å². The van der Waals surface area contributed by atoms with Crippen molar-refractivity contribution in [2.45, 2.75) is 9.79 Å². The second kappa shape index (κ2) is 9.36. The monoisotopic (exact) mass is 450 g/mol. The van der Waals surface area contributed by atoms with Crippen molar-refractivity contribution in [1.29, 1.82) is 0 Å². The fourth-order valence-corrected chi connectivity index (χ4v) is 4.45. The molecule has 0 saturated heterocycles. The highest BCUT2D eigenvalue weighted by atomic mass is 32.2. The van der Waals surface area contributed by atoms with Crippen molar-refractivity contribution >= 4 is 9.84 Å². The average Bonchev–Trinajstić information content (AvgIpc) is 2.85. The van der Waals surface area contributed by atoms with E-state index in [2.05, 4.69) is 11.8 Å². The van der Waals surface area contributed by atoms with Crippen LogP contribution in [0.5, 0.6) is 23.0 Å². The summed E-state index contributed by atoms with van der Waals surface area (Å²) in [4.78, 5) is 0.181. The van der Waals surface area contributed by atoms with Crippen LogP contribution in [0.2, 0.25) is 0 Å². The zero-order valence-corrected chi connectivity index (χ0v) is 18.3. The topological polar surface area (TPSA) is 52.6 Å². The predicted octanol–water partition coefficient (Wildman–Crippen LogP) is 6.07. The molecule has 33 heavy (non-hydrogen) atoms. The first-order valence-corrected chi connectivity index (χ1v) is 11.4. The highest BCUT2D eigenvalue weighted by molar-refractivity contribution is 7.91. The molecule has 0 aliphatic heterocycles. The van der Waals surface area contributed by atoms with E-state index in [1.54, 1.807) is 78.9 Å². The minimum atomic E-state index is -3.84. The van der Waals surface area contributed by atoms with Gasteiger partial charge in [0.2, 0.25) is 9.84 Å². The summed E-state index contributed by atoms with van der Waals surface area (Å²) in [5, 5.41) is 0. The molecule has 0 unspecified atom stereocenters. The summed E-state index contributed by atoms with van der Waals surface area (Å²) >= 11 is 0. The molecule has 0 bridgehead atoms. The van der Waals surface area contributed by atoms with Crippen molar-refractivity contribution < 1.29 is 17.9 Å². The van der Waals surface area contributed by atoms with Gasteiger partial charge in [-0.2, -0.15) is 0 Å². The molecule has 0 amide bonds. The molecule has 0 spiro atoms. The maximum absolute atomic E-state index is 13.3. The van der Waals surface area contributed by atoms with E-state index < -0.39 is 9.84 Å². The summed E-state index contributed by atoms with van der Waals surface area (Å²) in [6, 6.07) is 26.6.